The molecule has 3 heteroatoms. The van der Waals surface area contributed by atoms with Crippen molar-refractivity contribution in [3.63, 3.8) is 0 Å². The zero-order valence-electron chi connectivity index (χ0n) is 15.4. The molecule has 1 aromatic rings. The molecule has 0 unspecified atom stereocenters. The van der Waals surface area contributed by atoms with Gasteiger partial charge < -0.3 is 4.90 Å². The van der Waals surface area contributed by atoms with Crippen LogP contribution in [0.2, 0.25) is 0 Å². The first-order chi connectivity index (χ1) is 12.3. The van der Waals surface area contributed by atoms with Crippen LogP contribution >= 0.6 is 0 Å². The molecule has 1 amide bonds. The summed E-state index contributed by atoms with van der Waals surface area (Å²) in [5, 5.41) is 0. The maximum Gasteiger partial charge on any atom is 0.237 e. The van der Waals surface area contributed by atoms with Crippen molar-refractivity contribution in [3.8, 4) is 0 Å². The summed E-state index contributed by atoms with van der Waals surface area (Å²) >= 11 is 0. The highest BCUT2D eigenvalue weighted by Gasteiger charge is 2.37. The van der Waals surface area contributed by atoms with Crippen LogP contribution in [0.25, 0.3) is 0 Å². The molecule has 3 nitrogen and oxygen atoms in total. The molecule has 0 radical (unpaired) electrons. The lowest BCUT2D eigenvalue weighted by Crippen LogP contribution is -2.53. The molecule has 1 saturated carbocycles. The number of fused-ring (bicyclic) bond motifs is 1. The molecule has 3 fully saturated rings. The van der Waals surface area contributed by atoms with Crippen LogP contribution in [0.5, 0.6) is 0 Å². The molecule has 3 atom stereocenters. The van der Waals surface area contributed by atoms with Gasteiger partial charge in [-0.15, -0.1) is 0 Å². The molecule has 3 aliphatic rings. The minimum atomic E-state index is 0.400. The highest BCUT2D eigenvalue weighted by molar-refractivity contribution is 5.79. The number of carbonyl (C=O) groups excluding carboxylic acids is 1. The predicted molar refractivity (Wildman–Crippen MR) is 101 cm³/mol. The SMILES string of the molecule is O=C(CN1CCC[C@@H]1Cc1ccccc1)N1CCC[C@H]2CCCC[C@@H]21. The molecule has 0 spiro atoms. The van der Waals surface area contributed by atoms with E-state index < -0.39 is 0 Å². The second-order valence-corrected chi connectivity index (χ2v) is 8.30. The Balaban J connectivity index is 1.37. The van der Waals surface area contributed by atoms with Crippen molar-refractivity contribution in [2.24, 2.45) is 5.92 Å². The van der Waals surface area contributed by atoms with Crippen LogP contribution in [0.1, 0.15) is 56.9 Å². The van der Waals surface area contributed by atoms with E-state index in [0.29, 0.717) is 24.5 Å². The van der Waals surface area contributed by atoms with Gasteiger partial charge >= 0.3 is 0 Å². The molecule has 1 aromatic carbocycles. The highest BCUT2D eigenvalue weighted by atomic mass is 16.2. The zero-order valence-corrected chi connectivity index (χ0v) is 15.4. The van der Waals surface area contributed by atoms with Gasteiger partial charge in [-0.1, -0.05) is 43.2 Å². The van der Waals surface area contributed by atoms with E-state index in [9.17, 15) is 4.79 Å². The fourth-order valence-electron chi connectivity index (χ4n) is 5.42. The Kier molecular flexibility index (Phi) is 5.40. The third-order valence-electron chi connectivity index (χ3n) is 6.72. The third kappa shape index (κ3) is 3.92. The normalized spacial score (nSPS) is 30.2. The van der Waals surface area contributed by atoms with E-state index in [2.05, 4.69) is 40.1 Å². The maximum absolute atomic E-state index is 13.1. The predicted octanol–water partition coefficient (Wildman–Crippen LogP) is 3.87. The number of likely N-dealkylation sites (tertiary alicyclic amines) is 2. The van der Waals surface area contributed by atoms with Crippen molar-refractivity contribution in [1.82, 2.24) is 9.80 Å². The fourth-order valence-corrected chi connectivity index (χ4v) is 5.42. The number of hydrogen-bond acceptors (Lipinski definition) is 2. The van der Waals surface area contributed by atoms with Gasteiger partial charge in [0.25, 0.3) is 0 Å². The zero-order chi connectivity index (χ0) is 17.1. The Morgan fingerprint density at radius 2 is 1.68 bits per heavy atom. The van der Waals surface area contributed by atoms with E-state index >= 15 is 0 Å². The van der Waals surface area contributed by atoms with Gasteiger partial charge in [-0.3, -0.25) is 9.69 Å². The summed E-state index contributed by atoms with van der Waals surface area (Å²) < 4.78 is 0. The average Bonchev–Trinajstić information content (AvgIpc) is 3.08. The third-order valence-corrected chi connectivity index (χ3v) is 6.72. The van der Waals surface area contributed by atoms with Gasteiger partial charge in [0.15, 0.2) is 0 Å². The smallest absolute Gasteiger partial charge is 0.237 e. The summed E-state index contributed by atoms with van der Waals surface area (Å²) in [6, 6.07) is 11.8. The largest absolute Gasteiger partial charge is 0.338 e. The summed E-state index contributed by atoms with van der Waals surface area (Å²) in [7, 11) is 0. The van der Waals surface area contributed by atoms with E-state index in [4.69, 9.17) is 0 Å². The van der Waals surface area contributed by atoms with Crippen LogP contribution in [-0.4, -0.2) is 47.4 Å². The lowest BCUT2D eigenvalue weighted by molar-refractivity contribution is -0.139. The van der Waals surface area contributed by atoms with Crippen molar-refractivity contribution >= 4 is 5.91 Å². The molecule has 0 N–H and O–H groups in total. The molecule has 0 aromatic heterocycles. The minimum absolute atomic E-state index is 0.400. The molecular weight excluding hydrogens is 308 g/mol. The summed E-state index contributed by atoms with van der Waals surface area (Å²) in [5.41, 5.74) is 1.40. The Bertz CT molecular complexity index is 571. The van der Waals surface area contributed by atoms with Crippen molar-refractivity contribution in [3.05, 3.63) is 35.9 Å². The van der Waals surface area contributed by atoms with Crippen LogP contribution in [0.15, 0.2) is 30.3 Å². The van der Waals surface area contributed by atoms with Crippen LogP contribution in [0.3, 0.4) is 0 Å². The average molecular weight is 341 g/mol. The van der Waals surface area contributed by atoms with E-state index in [0.717, 1.165) is 25.4 Å². The molecule has 2 aliphatic heterocycles. The summed E-state index contributed by atoms with van der Waals surface area (Å²) in [6.45, 7) is 2.73. The van der Waals surface area contributed by atoms with Gasteiger partial charge in [-0.05, 0) is 63.0 Å². The second kappa shape index (κ2) is 7.90. The molecule has 136 valence electrons. The second-order valence-electron chi connectivity index (χ2n) is 8.30. The molecule has 25 heavy (non-hydrogen) atoms. The van der Waals surface area contributed by atoms with Gasteiger partial charge in [0.1, 0.15) is 0 Å². The van der Waals surface area contributed by atoms with Crippen LogP contribution in [-0.2, 0) is 11.2 Å². The van der Waals surface area contributed by atoms with Crippen molar-refractivity contribution in [1.29, 1.82) is 0 Å². The van der Waals surface area contributed by atoms with Crippen molar-refractivity contribution in [2.45, 2.75) is 69.9 Å². The number of carbonyl (C=O) groups is 1. The standard InChI is InChI=1S/C22H32N2O/c25-22(24-15-6-11-19-10-4-5-13-21(19)24)17-23-14-7-12-20(23)16-18-8-2-1-3-9-18/h1-3,8-9,19-21H,4-7,10-17H2/t19-,20-,21+/m1/s1. The first-order valence-electron chi connectivity index (χ1n) is 10.4. The molecule has 2 saturated heterocycles. The van der Waals surface area contributed by atoms with Gasteiger partial charge in [-0.25, -0.2) is 0 Å². The maximum atomic E-state index is 13.1. The minimum Gasteiger partial charge on any atom is -0.338 e. The number of rotatable bonds is 4. The van der Waals surface area contributed by atoms with E-state index in [1.54, 1.807) is 0 Å². The van der Waals surface area contributed by atoms with Gasteiger partial charge in [0, 0.05) is 18.6 Å². The summed E-state index contributed by atoms with van der Waals surface area (Å²) in [6.07, 6.45) is 11.4. The fraction of sp³-hybridized carbons (Fsp3) is 0.682. The quantitative estimate of drug-likeness (QED) is 0.830. The van der Waals surface area contributed by atoms with Crippen LogP contribution in [0, 0.1) is 5.92 Å². The first kappa shape index (κ1) is 17.1. The monoisotopic (exact) mass is 340 g/mol. The first-order valence-corrected chi connectivity index (χ1v) is 10.4. The van der Waals surface area contributed by atoms with Gasteiger partial charge in [-0.2, -0.15) is 0 Å². The Hall–Kier alpha value is -1.35. The van der Waals surface area contributed by atoms with Crippen LogP contribution < -0.4 is 0 Å². The lowest BCUT2D eigenvalue weighted by atomic mass is 9.78. The number of nitrogens with zero attached hydrogens (tertiary/aromatic N) is 2. The van der Waals surface area contributed by atoms with Crippen molar-refractivity contribution in [2.75, 3.05) is 19.6 Å². The Morgan fingerprint density at radius 1 is 0.920 bits per heavy atom. The summed E-state index contributed by atoms with van der Waals surface area (Å²) in [4.78, 5) is 17.8. The number of piperidine rings is 1. The highest BCUT2D eigenvalue weighted by Crippen LogP contribution is 2.35. The topological polar surface area (TPSA) is 23.6 Å². The number of amides is 1. The van der Waals surface area contributed by atoms with E-state index in [1.807, 2.05) is 0 Å². The van der Waals surface area contributed by atoms with E-state index in [-0.39, 0.29) is 0 Å². The van der Waals surface area contributed by atoms with E-state index in [1.165, 1.54) is 56.9 Å². The Morgan fingerprint density at radius 3 is 2.56 bits per heavy atom. The molecular formula is C22H32N2O. The van der Waals surface area contributed by atoms with Crippen molar-refractivity contribution < 1.29 is 4.79 Å². The molecule has 1 aliphatic carbocycles. The Labute approximate surface area is 152 Å². The van der Waals surface area contributed by atoms with Crippen LogP contribution in [0.4, 0.5) is 0 Å². The van der Waals surface area contributed by atoms with Gasteiger partial charge in [0.2, 0.25) is 5.91 Å². The lowest BCUT2D eigenvalue weighted by Gasteiger charge is -2.44. The molecule has 4 rings (SSSR count). The number of benzene rings is 1. The molecule has 0 bridgehead atoms. The number of hydrogen-bond donors (Lipinski definition) is 0. The van der Waals surface area contributed by atoms with Gasteiger partial charge in [0.05, 0.1) is 6.54 Å². The summed E-state index contributed by atoms with van der Waals surface area (Å²) in [5.74, 6) is 1.18. The molecule has 2 heterocycles.